The molecular weight excluding hydrogens is 441 g/mol. The molecule has 1 saturated heterocycles. The highest BCUT2D eigenvalue weighted by atomic mass is 19.1. The maximum Gasteiger partial charge on any atom is 0.342 e. The molecule has 0 spiro atoms. The average molecular weight is 486 g/mol. The molecule has 5 heteroatoms. The van der Waals surface area contributed by atoms with Crippen LogP contribution in [0.5, 0.6) is 0 Å². The molecular formula is C30H44FNO3. The third-order valence-electron chi connectivity index (χ3n) is 7.82. The number of rotatable bonds is 8. The second-order valence-corrected chi connectivity index (χ2v) is 11.4. The van der Waals surface area contributed by atoms with Crippen LogP contribution in [0.15, 0.2) is 35.1 Å². The van der Waals surface area contributed by atoms with Crippen molar-refractivity contribution in [3.8, 4) is 0 Å². The minimum atomic E-state index is -0.601. The quantitative estimate of drug-likeness (QED) is 0.266. The Kier molecular flexibility index (Phi) is 9.30. The Labute approximate surface area is 211 Å². The predicted octanol–water partition coefficient (Wildman–Crippen LogP) is 6.31. The molecule has 2 rings (SSSR count). The SMILES string of the molecule is CCC(C)[C@@]1(c2cc(C)ccc2F)CNC[C@H]1C(=O)C(C)C(C)C(C)=C=C(C)C(=O)OC(C)(C)C. The van der Waals surface area contributed by atoms with Gasteiger partial charge in [-0.1, -0.05) is 51.8 Å². The van der Waals surface area contributed by atoms with Crippen LogP contribution in [-0.2, 0) is 19.7 Å². The number of aryl methyl sites for hydroxylation is 1. The zero-order valence-corrected chi connectivity index (χ0v) is 23.3. The largest absolute Gasteiger partial charge is 0.456 e. The number of nitrogens with one attached hydrogen (secondary N) is 1. The molecule has 1 heterocycles. The molecule has 1 fully saturated rings. The number of ether oxygens (including phenoxy) is 1. The first-order chi connectivity index (χ1) is 16.2. The van der Waals surface area contributed by atoms with E-state index in [1.54, 1.807) is 13.0 Å². The van der Waals surface area contributed by atoms with Gasteiger partial charge in [0.2, 0.25) is 0 Å². The van der Waals surface area contributed by atoms with Crippen LogP contribution in [0.2, 0.25) is 0 Å². The normalized spacial score (nSPS) is 22.7. The first-order valence-corrected chi connectivity index (χ1v) is 12.8. The minimum Gasteiger partial charge on any atom is -0.456 e. The van der Waals surface area contributed by atoms with Gasteiger partial charge in [0, 0.05) is 30.3 Å². The molecule has 1 aromatic rings. The number of hydrogen-bond acceptors (Lipinski definition) is 4. The van der Waals surface area contributed by atoms with Gasteiger partial charge in [0.05, 0.1) is 5.57 Å². The summed E-state index contributed by atoms with van der Waals surface area (Å²) in [5.74, 6) is -1.18. The molecule has 0 amide bonds. The van der Waals surface area contributed by atoms with E-state index in [4.69, 9.17) is 4.74 Å². The van der Waals surface area contributed by atoms with Crippen LogP contribution in [-0.4, -0.2) is 30.4 Å². The molecule has 0 radical (unpaired) electrons. The highest BCUT2D eigenvalue weighted by Gasteiger charge is 2.52. The highest BCUT2D eigenvalue weighted by molar-refractivity contribution is 5.88. The van der Waals surface area contributed by atoms with Crippen LogP contribution < -0.4 is 5.32 Å². The van der Waals surface area contributed by atoms with Crippen LogP contribution in [0.1, 0.15) is 79.9 Å². The van der Waals surface area contributed by atoms with Gasteiger partial charge in [-0.3, -0.25) is 4.79 Å². The van der Waals surface area contributed by atoms with E-state index in [1.807, 2.05) is 54.5 Å². The molecule has 1 aromatic carbocycles. The molecule has 0 saturated carbocycles. The van der Waals surface area contributed by atoms with Gasteiger partial charge in [-0.2, -0.15) is 0 Å². The molecule has 35 heavy (non-hydrogen) atoms. The van der Waals surface area contributed by atoms with Crippen molar-refractivity contribution in [1.29, 1.82) is 0 Å². The van der Waals surface area contributed by atoms with Gasteiger partial charge in [-0.15, -0.1) is 5.73 Å². The van der Waals surface area contributed by atoms with Crippen molar-refractivity contribution in [1.82, 2.24) is 5.32 Å². The zero-order valence-electron chi connectivity index (χ0n) is 23.3. The number of ketones is 1. The Morgan fingerprint density at radius 1 is 1.20 bits per heavy atom. The van der Waals surface area contributed by atoms with E-state index in [0.29, 0.717) is 24.2 Å². The summed E-state index contributed by atoms with van der Waals surface area (Å²) in [5, 5.41) is 3.42. The topological polar surface area (TPSA) is 55.4 Å². The lowest BCUT2D eigenvalue weighted by Gasteiger charge is -2.41. The maximum absolute atomic E-state index is 15.2. The van der Waals surface area contributed by atoms with Crippen molar-refractivity contribution in [3.05, 3.63) is 52.0 Å². The van der Waals surface area contributed by atoms with Crippen molar-refractivity contribution in [2.24, 2.45) is 23.7 Å². The van der Waals surface area contributed by atoms with Gasteiger partial charge in [-0.25, -0.2) is 9.18 Å². The molecule has 0 aromatic heterocycles. The van der Waals surface area contributed by atoms with Crippen molar-refractivity contribution in [3.63, 3.8) is 0 Å². The Hall–Kier alpha value is -2.23. The van der Waals surface area contributed by atoms with Crippen molar-refractivity contribution in [2.75, 3.05) is 13.1 Å². The van der Waals surface area contributed by atoms with Crippen LogP contribution in [0.25, 0.3) is 0 Å². The summed E-state index contributed by atoms with van der Waals surface area (Å²) in [6.07, 6.45) is 0.847. The number of carbonyl (C=O) groups is 2. The average Bonchev–Trinajstić information content (AvgIpc) is 3.23. The molecule has 1 N–H and O–H groups in total. The molecule has 0 aliphatic carbocycles. The molecule has 1 aliphatic rings. The monoisotopic (exact) mass is 485 g/mol. The number of hydrogen-bond donors (Lipinski definition) is 1. The number of halogens is 1. The smallest absolute Gasteiger partial charge is 0.342 e. The molecule has 0 bridgehead atoms. The maximum atomic E-state index is 15.2. The van der Waals surface area contributed by atoms with E-state index in [2.05, 4.69) is 24.9 Å². The summed E-state index contributed by atoms with van der Waals surface area (Å²) >= 11 is 0. The van der Waals surface area contributed by atoms with E-state index in [9.17, 15) is 9.59 Å². The fourth-order valence-electron chi connectivity index (χ4n) is 5.26. The second kappa shape index (κ2) is 11.2. The lowest BCUT2D eigenvalue weighted by molar-refractivity contribution is -0.149. The molecule has 1 aliphatic heterocycles. The third-order valence-corrected chi connectivity index (χ3v) is 7.82. The number of carbonyl (C=O) groups excluding carboxylic acids is 2. The lowest BCUT2D eigenvalue weighted by atomic mass is 9.60. The van der Waals surface area contributed by atoms with Gasteiger partial charge in [-0.05, 0) is 70.6 Å². The molecule has 4 nitrogen and oxygen atoms in total. The van der Waals surface area contributed by atoms with Crippen molar-refractivity contribution < 1.29 is 18.7 Å². The van der Waals surface area contributed by atoms with Gasteiger partial charge < -0.3 is 10.1 Å². The van der Waals surface area contributed by atoms with E-state index in [1.165, 1.54) is 6.07 Å². The summed E-state index contributed by atoms with van der Waals surface area (Å²) < 4.78 is 20.7. The van der Waals surface area contributed by atoms with Crippen molar-refractivity contribution >= 4 is 11.8 Å². The fourth-order valence-corrected chi connectivity index (χ4v) is 5.26. The van der Waals surface area contributed by atoms with Gasteiger partial charge in [0.1, 0.15) is 17.2 Å². The Morgan fingerprint density at radius 3 is 2.40 bits per heavy atom. The lowest BCUT2D eigenvalue weighted by Crippen LogP contribution is -2.47. The van der Waals surface area contributed by atoms with Crippen LogP contribution in [0.4, 0.5) is 4.39 Å². The van der Waals surface area contributed by atoms with Crippen LogP contribution in [0, 0.1) is 36.4 Å². The third kappa shape index (κ3) is 6.32. The molecule has 5 atom stereocenters. The van der Waals surface area contributed by atoms with Crippen LogP contribution >= 0.6 is 0 Å². The van der Waals surface area contributed by atoms with Crippen molar-refractivity contribution in [2.45, 2.75) is 86.7 Å². The van der Waals surface area contributed by atoms with E-state index in [0.717, 1.165) is 17.6 Å². The molecule has 3 unspecified atom stereocenters. The Balaban J connectivity index is 2.44. The summed E-state index contributed by atoms with van der Waals surface area (Å²) in [6.45, 7) is 20.3. The summed E-state index contributed by atoms with van der Waals surface area (Å²) in [7, 11) is 0. The van der Waals surface area contributed by atoms with Gasteiger partial charge in [0.15, 0.2) is 0 Å². The van der Waals surface area contributed by atoms with Gasteiger partial charge in [0.25, 0.3) is 0 Å². The van der Waals surface area contributed by atoms with E-state index in [-0.39, 0.29) is 35.3 Å². The van der Waals surface area contributed by atoms with Crippen LogP contribution in [0.3, 0.4) is 0 Å². The fraction of sp³-hybridized carbons (Fsp3) is 0.633. The highest BCUT2D eigenvalue weighted by Crippen LogP contribution is 2.46. The summed E-state index contributed by atoms with van der Waals surface area (Å²) in [5.41, 5.74) is 4.83. The Bertz CT molecular complexity index is 1010. The first kappa shape index (κ1) is 29.0. The first-order valence-electron chi connectivity index (χ1n) is 12.8. The Morgan fingerprint density at radius 2 is 1.83 bits per heavy atom. The summed E-state index contributed by atoms with van der Waals surface area (Å²) in [6, 6.07) is 5.22. The van der Waals surface area contributed by atoms with E-state index >= 15 is 4.39 Å². The van der Waals surface area contributed by atoms with E-state index < -0.39 is 17.0 Å². The predicted molar refractivity (Wildman–Crippen MR) is 140 cm³/mol. The zero-order chi connectivity index (χ0) is 26.7. The molecule has 194 valence electrons. The standard InChI is InChI=1S/C30H44FNO3/c1-11-21(5)30(24-14-18(2)12-13-26(24)31)17-32-16-25(30)27(33)23(7)22(6)19(3)15-20(4)28(34)35-29(8,9)10/h12-14,21-23,25,32H,11,16-17H2,1-10H3/t15?,21?,22?,23?,25-,30+/m0/s1. The minimum absolute atomic E-state index is 0.121. The number of Topliss-reactive ketones (excluding diaryl/α,β-unsaturated/α-hetero) is 1. The second-order valence-electron chi connectivity index (χ2n) is 11.4. The number of benzene rings is 1. The summed E-state index contributed by atoms with van der Waals surface area (Å²) in [4.78, 5) is 26.4. The number of esters is 1. The van der Waals surface area contributed by atoms with Gasteiger partial charge >= 0.3 is 5.97 Å².